The van der Waals surface area contributed by atoms with Crippen LogP contribution in [0.15, 0.2) is 30.3 Å². The first kappa shape index (κ1) is 13.7. The molecule has 0 N–H and O–H groups in total. The molecule has 18 heavy (non-hydrogen) atoms. The molecule has 1 aromatic carbocycles. The molecule has 0 aromatic heterocycles. The summed E-state index contributed by atoms with van der Waals surface area (Å²) in [6, 6.07) is 10.0. The van der Waals surface area contributed by atoms with Crippen molar-refractivity contribution in [1.82, 2.24) is 4.90 Å². The first-order valence-electron chi connectivity index (χ1n) is 6.51. The molecule has 100 valence electrons. The van der Waals surface area contributed by atoms with Gasteiger partial charge in [-0.25, -0.2) is 0 Å². The zero-order valence-electron chi connectivity index (χ0n) is 10.7. The predicted octanol–water partition coefficient (Wildman–Crippen LogP) is 2.13. The summed E-state index contributed by atoms with van der Waals surface area (Å²) in [4.78, 5) is 2.47. The molecule has 0 radical (unpaired) electrons. The molecule has 1 aliphatic rings. The van der Waals surface area contributed by atoms with Gasteiger partial charge >= 0.3 is 0 Å². The summed E-state index contributed by atoms with van der Waals surface area (Å²) in [6.45, 7) is 5.91. The zero-order chi connectivity index (χ0) is 12.5. The number of hydrogen-bond acceptors (Lipinski definition) is 4. The van der Waals surface area contributed by atoms with Gasteiger partial charge in [-0.1, -0.05) is 18.2 Å². The summed E-state index contributed by atoms with van der Waals surface area (Å²) in [5.74, 6) is 3.20. The Morgan fingerprint density at radius 1 is 1.11 bits per heavy atom. The second-order valence-electron chi connectivity index (χ2n) is 4.23. The fourth-order valence-electron chi connectivity index (χ4n) is 1.86. The molecule has 0 aliphatic carbocycles. The van der Waals surface area contributed by atoms with Crippen LogP contribution < -0.4 is 4.74 Å². The van der Waals surface area contributed by atoms with E-state index >= 15 is 0 Å². The molecule has 1 heterocycles. The van der Waals surface area contributed by atoms with Crippen molar-refractivity contribution < 1.29 is 9.47 Å². The Kier molecular flexibility index (Phi) is 6.40. The lowest BCUT2D eigenvalue weighted by molar-refractivity contribution is 0.0410. The van der Waals surface area contributed by atoms with Crippen LogP contribution >= 0.6 is 11.8 Å². The molecule has 0 amide bonds. The fourth-order valence-corrected chi connectivity index (χ4v) is 2.65. The Labute approximate surface area is 113 Å². The molecule has 3 nitrogen and oxygen atoms in total. The van der Waals surface area contributed by atoms with Crippen molar-refractivity contribution in [3.63, 3.8) is 0 Å². The Morgan fingerprint density at radius 3 is 2.67 bits per heavy atom. The van der Waals surface area contributed by atoms with Crippen LogP contribution in [0.5, 0.6) is 5.75 Å². The average molecular weight is 267 g/mol. The number of nitrogens with zero attached hydrogens (tertiary/aromatic N) is 1. The van der Waals surface area contributed by atoms with E-state index in [1.807, 2.05) is 42.1 Å². The molecular weight excluding hydrogens is 246 g/mol. The molecule has 1 aromatic rings. The fraction of sp³-hybridized carbons (Fsp3) is 0.571. The first-order valence-corrected chi connectivity index (χ1v) is 7.66. The van der Waals surface area contributed by atoms with E-state index in [9.17, 15) is 0 Å². The topological polar surface area (TPSA) is 21.7 Å². The van der Waals surface area contributed by atoms with Gasteiger partial charge in [0.2, 0.25) is 0 Å². The van der Waals surface area contributed by atoms with Gasteiger partial charge in [-0.05, 0) is 12.1 Å². The van der Waals surface area contributed by atoms with Gasteiger partial charge in [0.1, 0.15) is 5.75 Å². The normalized spacial score (nSPS) is 16.7. The van der Waals surface area contributed by atoms with E-state index < -0.39 is 0 Å². The van der Waals surface area contributed by atoms with Crippen LogP contribution in [0.1, 0.15) is 0 Å². The van der Waals surface area contributed by atoms with Crippen LogP contribution in [-0.4, -0.2) is 55.9 Å². The van der Waals surface area contributed by atoms with E-state index in [1.165, 1.54) is 12.3 Å². The number of rotatable bonds is 7. The van der Waals surface area contributed by atoms with Crippen LogP contribution in [0.4, 0.5) is 0 Å². The maximum Gasteiger partial charge on any atom is 0.119 e. The van der Waals surface area contributed by atoms with Gasteiger partial charge in [0.15, 0.2) is 0 Å². The Bertz CT molecular complexity index is 315. The summed E-state index contributed by atoms with van der Waals surface area (Å²) in [7, 11) is 0. The molecule has 0 bridgehead atoms. The van der Waals surface area contributed by atoms with E-state index in [0.717, 1.165) is 44.4 Å². The monoisotopic (exact) mass is 267 g/mol. The lowest BCUT2D eigenvalue weighted by Crippen LogP contribution is -2.37. The van der Waals surface area contributed by atoms with Crippen LogP contribution in [-0.2, 0) is 4.74 Å². The second-order valence-corrected chi connectivity index (χ2v) is 5.45. The van der Waals surface area contributed by atoms with Crippen molar-refractivity contribution in [3.8, 4) is 5.75 Å². The number of hydrogen-bond donors (Lipinski definition) is 0. The maximum atomic E-state index is 5.64. The molecule has 1 saturated heterocycles. The third-order valence-corrected chi connectivity index (χ3v) is 3.82. The molecule has 0 atom stereocenters. The second kappa shape index (κ2) is 8.40. The van der Waals surface area contributed by atoms with Gasteiger partial charge < -0.3 is 9.47 Å². The van der Waals surface area contributed by atoms with Crippen molar-refractivity contribution in [3.05, 3.63) is 30.3 Å². The van der Waals surface area contributed by atoms with Crippen LogP contribution in [0.3, 0.4) is 0 Å². The van der Waals surface area contributed by atoms with Crippen molar-refractivity contribution in [2.75, 3.05) is 51.0 Å². The van der Waals surface area contributed by atoms with E-state index in [2.05, 4.69) is 4.90 Å². The van der Waals surface area contributed by atoms with E-state index in [4.69, 9.17) is 9.47 Å². The summed E-state index contributed by atoms with van der Waals surface area (Å²) in [5.41, 5.74) is 0. The van der Waals surface area contributed by atoms with Gasteiger partial charge in [-0.3, -0.25) is 4.90 Å². The maximum absolute atomic E-state index is 5.64. The molecule has 1 fully saturated rings. The minimum Gasteiger partial charge on any atom is -0.493 e. The SMILES string of the molecule is c1ccc(OCCSCCN2CCOCC2)cc1. The molecule has 0 spiro atoms. The highest BCUT2D eigenvalue weighted by Crippen LogP contribution is 2.09. The number of morpholine rings is 1. The smallest absolute Gasteiger partial charge is 0.119 e. The molecule has 2 rings (SSSR count). The van der Waals surface area contributed by atoms with Gasteiger partial charge in [0.05, 0.1) is 19.8 Å². The van der Waals surface area contributed by atoms with Crippen molar-refractivity contribution in [1.29, 1.82) is 0 Å². The predicted molar refractivity (Wildman–Crippen MR) is 76.5 cm³/mol. The van der Waals surface area contributed by atoms with Gasteiger partial charge in [0.25, 0.3) is 0 Å². The van der Waals surface area contributed by atoms with E-state index in [1.54, 1.807) is 0 Å². The van der Waals surface area contributed by atoms with E-state index in [0.29, 0.717) is 0 Å². The molecule has 0 saturated carbocycles. The average Bonchev–Trinajstić information content (AvgIpc) is 2.45. The largest absolute Gasteiger partial charge is 0.493 e. The Balaban J connectivity index is 1.46. The highest BCUT2D eigenvalue weighted by molar-refractivity contribution is 7.99. The highest BCUT2D eigenvalue weighted by Gasteiger charge is 2.08. The standard InChI is InChI=1S/C14H21NO2S/c1-2-4-14(5-3-1)17-11-13-18-12-8-15-6-9-16-10-7-15/h1-5H,6-13H2. The van der Waals surface area contributed by atoms with Crippen LogP contribution in [0, 0.1) is 0 Å². The van der Waals surface area contributed by atoms with Crippen molar-refractivity contribution in [2.24, 2.45) is 0 Å². The minimum absolute atomic E-state index is 0.789. The Hall–Kier alpha value is -0.710. The van der Waals surface area contributed by atoms with Crippen LogP contribution in [0.25, 0.3) is 0 Å². The van der Waals surface area contributed by atoms with Crippen molar-refractivity contribution >= 4 is 11.8 Å². The summed E-state index contributed by atoms with van der Waals surface area (Å²) < 4.78 is 11.0. The van der Waals surface area contributed by atoms with Crippen molar-refractivity contribution in [2.45, 2.75) is 0 Å². The lowest BCUT2D eigenvalue weighted by atomic mass is 10.3. The quantitative estimate of drug-likeness (QED) is 0.706. The Morgan fingerprint density at radius 2 is 1.89 bits per heavy atom. The number of para-hydroxylation sites is 1. The molecule has 0 unspecified atom stereocenters. The molecular formula is C14H21NO2S. The summed E-state index contributed by atoms with van der Waals surface area (Å²) >= 11 is 1.96. The number of ether oxygens (including phenoxy) is 2. The zero-order valence-corrected chi connectivity index (χ0v) is 11.5. The third-order valence-electron chi connectivity index (χ3n) is 2.90. The van der Waals surface area contributed by atoms with E-state index in [-0.39, 0.29) is 0 Å². The number of benzene rings is 1. The molecule has 4 heteroatoms. The third kappa shape index (κ3) is 5.29. The van der Waals surface area contributed by atoms with Gasteiger partial charge in [-0.2, -0.15) is 11.8 Å². The van der Waals surface area contributed by atoms with Crippen LogP contribution in [0.2, 0.25) is 0 Å². The minimum atomic E-state index is 0.789. The summed E-state index contributed by atoms with van der Waals surface area (Å²) in [6.07, 6.45) is 0. The first-order chi connectivity index (χ1) is 8.95. The molecule has 1 aliphatic heterocycles. The van der Waals surface area contributed by atoms with Gasteiger partial charge in [-0.15, -0.1) is 0 Å². The number of thioether (sulfide) groups is 1. The summed E-state index contributed by atoms with van der Waals surface area (Å²) in [5, 5.41) is 0. The van der Waals surface area contributed by atoms with Gasteiger partial charge in [0, 0.05) is 31.1 Å². The highest BCUT2D eigenvalue weighted by atomic mass is 32.2. The lowest BCUT2D eigenvalue weighted by Gasteiger charge is -2.26.